The van der Waals surface area contributed by atoms with Gasteiger partial charge in [-0.05, 0) is 41.8 Å². The molecule has 0 radical (unpaired) electrons. The Morgan fingerprint density at radius 1 is 1.16 bits per heavy atom. The van der Waals surface area contributed by atoms with Crippen molar-refractivity contribution in [3.63, 3.8) is 0 Å². The lowest BCUT2D eigenvalue weighted by Crippen LogP contribution is -2.33. The van der Waals surface area contributed by atoms with Gasteiger partial charge in [-0.3, -0.25) is 4.79 Å². The van der Waals surface area contributed by atoms with Crippen molar-refractivity contribution in [3.05, 3.63) is 65.2 Å². The molecule has 1 amide bonds. The van der Waals surface area contributed by atoms with Crippen molar-refractivity contribution in [1.29, 1.82) is 0 Å². The lowest BCUT2D eigenvalue weighted by Gasteiger charge is -2.30. The summed E-state index contributed by atoms with van der Waals surface area (Å²) < 4.78 is 0. The van der Waals surface area contributed by atoms with Crippen LogP contribution in [-0.4, -0.2) is 17.6 Å². The Hall–Kier alpha value is -2.29. The number of phenolic OH excluding ortho intramolecular Hbond substituents is 1. The van der Waals surface area contributed by atoms with Crippen LogP contribution < -0.4 is 5.32 Å². The van der Waals surface area contributed by atoms with Gasteiger partial charge < -0.3 is 10.4 Å². The highest BCUT2D eigenvalue weighted by Gasteiger charge is 2.25. The van der Waals surface area contributed by atoms with Gasteiger partial charge in [0, 0.05) is 18.0 Å². The lowest BCUT2D eigenvalue weighted by molar-refractivity contribution is 0.0950. The molecule has 1 aliphatic rings. The fourth-order valence-corrected chi connectivity index (χ4v) is 2.48. The van der Waals surface area contributed by atoms with E-state index in [2.05, 4.69) is 17.4 Å². The first kappa shape index (κ1) is 11.8. The van der Waals surface area contributed by atoms with E-state index >= 15 is 0 Å². The van der Waals surface area contributed by atoms with Crippen molar-refractivity contribution in [3.8, 4) is 5.75 Å². The van der Waals surface area contributed by atoms with Gasteiger partial charge in [-0.2, -0.15) is 0 Å². The summed E-state index contributed by atoms with van der Waals surface area (Å²) in [5.41, 5.74) is 3.30. The molecule has 1 aliphatic carbocycles. The zero-order valence-corrected chi connectivity index (χ0v) is 10.5. The van der Waals surface area contributed by atoms with Crippen LogP contribution in [0.25, 0.3) is 0 Å². The fourth-order valence-electron chi connectivity index (χ4n) is 2.48. The molecule has 1 atom stereocenters. The van der Waals surface area contributed by atoms with E-state index in [-0.39, 0.29) is 11.7 Å². The Labute approximate surface area is 111 Å². The van der Waals surface area contributed by atoms with E-state index in [1.54, 1.807) is 12.1 Å². The van der Waals surface area contributed by atoms with Gasteiger partial charge in [-0.25, -0.2) is 0 Å². The highest BCUT2D eigenvalue weighted by Crippen LogP contribution is 2.33. The molecule has 1 unspecified atom stereocenters. The average molecular weight is 253 g/mol. The fraction of sp³-hybridized carbons (Fsp3) is 0.188. The van der Waals surface area contributed by atoms with Gasteiger partial charge >= 0.3 is 0 Å². The van der Waals surface area contributed by atoms with Gasteiger partial charge in [-0.1, -0.05) is 24.3 Å². The zero-order chi connectivity index (χ0) is 13.2. The van der Waals surface area contributed by atoms with Crippen LogP contribution in [0.5, 0.6) is 5.75 Å². The number of carbonyl (C=O) groups is 1. The number of fused-ring (bicyclic) bond motifs is 1. The van der Waals surface area contributed by atoms with E-state index in [1.165, 1.54) is 23.3 Å². The molecule has 0 heterocycles. The molecule has 0 saturated heterocycles. The molecule has 0 saturated carbocycles. The van der Waals surface area contributed by atoms with E-state index < -0.39 is 0 Å². The summed E-state index contributed by atoms with van der Waals surface area (Å²) >= 11 is 0. The largest absolute Gasteiger partial charge is 0.508 e. The molecule has 96 valence electrons. The first-order valence-corrected chi connectivity index (χ1v) is 6.39. The highest BCUT2D eigenvalue weighted by atomic mass is 16.3. The molecule has 2 aromatic rings. The normalized spacial score (nSPS) is 16.3. The molecule has 0 fully saturated rings. The molecule has 3 rings (SSSR count). The topological polar surface area (TPSA) is 49.3 Å². The van der Waals surface area contributed by atoms with Crippen molar-refractivity contribution in [2.24, 2.45) is 0 Å². The van der Waals surface area contributed by atoms with Crippen molar-refractivity contribution in [2.45, 2.75) is 12.3 Å². The van der Waals surface area contributed by atoms with Crippen LogP contribution in [0.3, 0.4) is 0 Å². The summed E-state index contributed by atoms with van der Waals surface area (Å²) in [5.74, 6) is 0.506. The number of nitrogens with one attached hydrogen (secondary N) is 1. The lowest BCUT2D eigenvalue weighted by atomic mass is 9.77. The van der Waals surface area contributed by atoms with Crippen LogP contribution in [0, 0.1) is 0 Å². The molecule has 3 heteroatoms. The summed E-state index contributed by atoms with van der Waals surface area (Å²) in [4.78, 5) is 11.9. The Balaban J connectivity index is 1.59. The van der Waals surface area contributed by atoms with Crippen molar-refractivity contribution >= 4 is 5.91 Å². The van der Waals surface area contributed by atoms with Gasteiger partial charge in [-0.15, -0.1) is 0 Å². The van der Waals surface area contributed by atoms with Gasteiger partial charge in [0.15, 0.2) is 0 Å². The molecular formula is C16H15NO2. The standard InChI is InChI=1S/C16H15NO2/c18-14-7-5-11(6-8-14)16(19)17-10-13-9-12-3-1-2-4-15(12)13/h1-8,13,18H,9-10H2,(H,17,19). The monoisotopic (exact) mass is 253 g/mol. The minimum atomic E-state index is -0.0932. The second-order valence-corrected chi connectivity index (χ2v) is 4.86. The zero-order valence-electron chi connectivity index (χ0n) is 10.5. The molecule has 3 nitrogen and oxygen atoms in total. The Morgan fingerprint density at radius 3 is 2.63 bits per heavy atom. The van der Waals surface area contributed by atoms with E-state index in [0.717, 1.165) is 6.42 Å². The molecule has 0 aromatic heterocycles. The molecule has 2 N–H and O–H groups in total. The quantitative estimate of drug-likeness (QED) is 0.882. The minimum absolute atomic E-state index is 0.0932. The van der Waals surface area contributed by atoms with Gasteiger partial charge in [0.25, 0.3) is 5.91 Å². The summed E-state index contributed by atoms with van der Waals surface area (Å²) in [7, 11) is 0. The molecule has 0 aliphatic heterocycles. The molecule has 0 spiro atoms. The molecule has 19 heavy (non-hydrogen) atoms. The first-order chi connectivity index (χ1) is 9.24. The third kappa shape index (κ3) is 2.32. The number of phenols is 1. The maximum Gasteiger partial charge on any atom is 0.251 e. The SMILES string of the molecule is O=C(NCC1Cc2ccccc21)c1ccc(O)cc1. The molecule has 0 bridgehead atoms. The predicted molar refractivity (Wildman–Crippen MR) is 73.3 cm³/mol. The maximum absolute atomic E-state index is 11.9. The van der Waals surface area contributed by atoms with E-state index in [1.807, 2.05) is 12.1 Å². The summed E-state index contributed by atoms with van der Waals surface area (Å²) in [6.07, 6.45) is 1.03. The summed E-state index contributed by atoms with van der Waals surface area (Å²) in [6, 6.07) is 14.6. The van der Waals surface area contributed by atoms with Crippen molar-refractivity contribution < 1.29 is 9.90 Å². The number of benzene rings is 2. The van der Waals surface area contributed by atoms with Gasteiger partial charge in [0.05, 0.1) is 0 Å². The van der Waals surface area contributed by atoms with Crippen LogP contribution in [-0.2, 0) is 6.42 Å². The highest BCUT2D eigenvalue weighted by molar-refractivity contribution is 5.94. The number of hydrogen-bond donors (Lipinski definition) is 2. The second kappa shape index (κ2) is 4.76. The van der Waals surface area contributed by atoms with E-state index in [4.69, 9.17) is 0 Å². The summed E-state index contributed by atoms with van der Waals surface area (Å²) in [6.45, 7) is 0.663. The van der Waals surface area contributed by atoms with Crippen molar-refractivity contribution in [1.82, 2.24) is 5.32 Å². The number of amides is 1. The van der Waals surface area contributed by atoms with Crippen LogP contribution in [0.15, 0.2) is 48.5 Å². The van der Waals surface area contributed by atoms with Crippen LogP contribution in [0.2, 0.25) is 0 Å². The third-order valence-electron chi connectivity index (χ3n) is 3.60. The Bertz CT molecular complexity index is 604. The molecule has 2 aromatic carbocycles. The number of hydrogen-bond acceptors (Lipinski definition) is 2. The number of aromatic hydroxyl groups is 1. The second-order valence-electron chi connectivity index (χ2n) is 4.86. The number of carbonyl (C=O) groups excluding carboxylic acids is 1. The molecular weight excluding hydrogens is 238 g/mol. The van der Waals surface area contributed by atoms with Gasteiger partial charge in [0.1, 0.15) is 5.75 Å². The number of rotatable bonds is 3. The van der Waals surface area contributed by atoms with Crippen LogP contribution in [0.4, 0.5) is 0 Å². The summed E-state index contributed by atoms with van der Waals surface area (Å²) in [5, 5.41) is 12.1. The third-order valence-corrected chi connectivity index (χ3v) is 3.60. The maximum atomic E-state index is 11.9. The van der Waals surface area contributed by atoms with Crippen molar-refractivity contribution in [2.75, 3.05) is 6.54 Å². The Morgan fingerprint density at radius 2 is 1.89 bits per heavy atom. The van der Waals surface area contributed by atoms with E-state index in [9.17, 15) is 9.90 Å². The minimum Gasteiger partial charge on any atom is -0.508 e. The van der Waals surface area contributed by atoms with Gasteiger partial charge in [0.2, 0.25) is 0 Å². The van der Waals surface area contributed by atoms with Crippen LogP contribution in [0.1, 0.15) is 27.4 Å². The first-order valence-electron chi connectivity index (χ1n) is 6.39. The van der Waals surface area contributed by atoms with E-state index in [0.29, 0.717) is 18.0 Å². The Kier molecular flexibility index (Phi) is 2.95. The predicted octanol–water partition coefficient (Wildman–Crippen LogP) is 2.46. The average Bonchev–Trinajstić information content (AvgIpc) is 2.40. The smallest absolute Gasteiger partial charge is 0.251 e. The van der Waals surface area contributed by atoms with Crippen LogP contribution >= 0.6 is 0 Å².